The fourth-order valence-corrected chi connectivity index (χ4v) is 8.51. The topological polar surface area (TPSA) is 56.7 Å². The summed E-state index contributed by atoms with van der Waals surface area (Å²) in [5.74, 6) is 1.86. The molecule has 0 radical (unpaired) electrons. The molecule has 5 heteroatoms. The molecule has 7 aromatic carbocycles. The van der Waals surface area contributed by atoms with Crippen molar-refractivity contribution in [3.63, 3.8) is 0 Å². The van der Waals surface area contributed by atoms with E-state index in [2.05, 4.69) is 103 Å². The molecule has 0 fully saturated rings. The minimum atomic E-state index is -0.106. The number of furan rings is 1. The van der Waals surface area contributed by atoms with Crippen LogP contribution in [0.3, 0.4) is 0 Å². The van der Waals surface area contributed by atoms with E-state index < -0.39 is 0 Å². The fraction of sp³-hybridized carbons (Fsp3) is 0.0625. The molecule has 1 aliphatic rings. The molecule has 1 aliphatic carbocycles. The molecule has 0 saturated carbocycles. The maximum atomic E-state index is 6.66. The van der Waals surface area contributed by atoms with Gasteiger partial charge in [-0.3, -0.25) is 0 Å². The number of fused-ring (bicyclic) bond motifs is 9. The summed E-state index contributed by atoms with van der Waals surface area (Å²) < 4.78 is 9.07. The van der Waals surface area contributed by atoms with E-state index >= 15 is 0 Å². The van der Waals surface area contributed by atoms with Crippen molar-refractivity contribution < 1.29 is 4.42 Å². The number of benzene rings is 7. The van der Waals surface area contributed by atoms with Crippen LogP contribution in [0.5, 0.6) is 0 Å². The Bertz CT molecular complexity index is 3020. The highest BCUT2D eigenvalue weighted by molar-refractivity contribution is 6.19. The lowest BCUT2D eigenvalue weighted by atomic mass is 9.82. The summed E-state index contributed by atoms with van der Waals surface area (Å²) in [5.41, 5.74) is 13.1. The summed E-state index contributed by atoms with van der Waals surface area (Å²) in [6.45, 7) is 4.67. The molecule has 0 atom stereocenters. The van der Waals surface area contributed by atoms with E-state index in [4.69, 9.17) is 19.4 Å². The molecular formula is C48H32N4O. The molecule has 0 amide bonds. The Morgan fingerprint density at radius 1 is 0.453 bits per heavy atom. The van der Waals surface area contributed by atoms with Gasteiger partial charge in [-0.1, -0.05) is 135 Å². The molecule has 250 valence electrons. The SMILES string of the molecule is CC1(C)c2ccccc2-c2ccc(-n3c4ccccc4c4cc5oc6cccc(-c7nc(-c8ccccc8)nc(-c8ccccc8)n7)c6c5cc43)cc21. The second kappa shape index (κ2) is 11.1. The summed E-state index contributed by atoms with van der Waals surface area (Å²) in [6, 6.07) is 55.3. The van der Waals surface area contributed by atoms with Gasteiger partial charge in [0.15, 0.2) is 17.5 Å². The lowest BCUT2D eigenvalue weighted by Gasteiger charge is -2.22. The predicted molar refractivity (Wildman–Crippen MR) is 215 cm³/mol. The summed E-state index contributed by atoms with van der Waals surface area (Å²) in [5, 5.41) is 4.33. The molecule has 0 unspecified atom stereocenters. The predicted octanol–water partition coefficient (Wildman–Crippen LogP) is 12.2. The van der Waals surface area contributed by atoms with E-state index in [9.17, 15) is 0 Å². The van der Waals surface area contributed by atoms with Crippen LogP contribution in [0, 0.1) is 0 Å². The van der Waals surface area contributed by atoms with Crippen LogP contribution in [0.4, 0.5) is 0 Å². The molecule has 0 spiro atoms. The average Bonchev–Trinajstić information content (AvgIpc) is 3.82. The van der Waals surface area contributed by atoms with Gasteiger partial charge in [-0.05, 0) is 58.7 Å². The standard InChI is InChI=1S/C48H32N4O/c1-48(2)38-21-11-9-18-32(38)33-25-24-31(26-39(33)48)52-40-22-12-10-19-34(40)36-28-43-37(27-41(36)52)44-35(20-13-23-42(44)53-43)47-50-45(29-14-5-3-6-15-29)49-46(51-47)30-16-7-4-8-17-30/h3-28H,1-2H3. The van der Waals surface area contributed by atoms with Crippen molar-refractivity contribution in [2.75, 3.05) is 0 Å². The highest BCUT2D eigenvalue weighted by atomic mass is 16.3. The first-order valence-electron chi connectivity index (χ1n) is 18.0. The van der Waals surface area contributed by atoms with Gasteiger partial charge in [0.2, 0.25) is 0 Å². The zero-order chi connectivity index (χ0) is 35.3. The molecule has 0 aliphatic heterocycles. The number of nitrogens with zero attached hydrogens (tertiary/aromatic N) is 4. The van der Waals surface area contributed by atoms with Gasteiger partial charge >= 0.3 is 0 Å². The van der Waals surface area contributed by atoms with Gasteiger partial charge in [-0.25, -0.2) is 15.0 Å². The van der Waals surface area contributed by atoms with Crippen molar-refractivity contribution in [2.24, 2.45) is 0 Å². The molecule has 5 nitrogen and oxygen atoms in total. The van der Waals surface area contributed by atoms with Crippen LogP contribution in [-0.2, 0) is 5.41 Å². The Morgan fingerprint density at radius 2 is 1.09 bits per heavy atom. The van der Waals surface area contributed by atoms with Crippen LogP contribution in [-0.4, -0.2) is 19.5 Å². The fourth-order valence-electron chi connectivity index (χ4n) is 8.51. The maximum absolute atomic E-state index is 6.66. The molecule has 0 saturated heterocycles. The van der Waals surface area contributed by atoms with Crippen molar-refractivity contribution >= 4 is 43.7 Å². The minimum absolute atomic E-state index is 0.106. The van der Waals surface area contributed by atoms with Crippen molar-refractivity contribution in [3.05, 3.63) is 169 Å². The lowest BCUT2D eigenvalue weighted by molar-refractivity contribution is 0.660. The maximum Gasteiger partial charge on any atom is 0.164 e. The number of para-hydroxylation sites is 1. The summed E-state index contributed by atoms with van der Waals surface area (Å²) in [6.07, 6.45) is 0. The van der Waals surface area contributed by atoms with E-state index in [1.807, 2.05) is 72.8 Å². The lowest BCUT2D eigenvalue weighted by Crippen LogP contribution is -2.15. The van der Waals surface area contributed by atoms with E-state index in [-0.39, 0.29) is 5.41 Å². The number of rotatable bonds is 4. The first-order chi connectivity index (χ1) is 26.0. The highest BCUT2D eigenvalue weighted by Gasteiger charge is 2.35. The van der Waals surface area contributed by atoms with Gasteiger partial charge < -0.3 is 8.98 Å². The van der Waals surface area contributed by atoms with E-state index in [0.29, 0.717) is 17.5 Å². The smallest absolute Gasteiger partial charge is 0.164 e. The van der Waals surface area contributed by atoms with Crippen molar-refractivity contribution in [2.45, 2.75) is 19.3 Å². The van der Waals surface area contributed by atoms with Gasteiger partial charge in [-0.15, -0.1) is 0 Å². The molecule has 10 aromatic rings. The van der Waals surface area contributed by atoms with Gasteiger partial charge in [0.05, 0.1) is 11.0 Å². The van der Waals surface area contributed by atoms with Gasteiger partial charge in [0.25, 0.3) is 0 Å². The second-order valence-corrected chi connectivity index (χ2v) is 14.4. The monoisotopic (exact) mass is 680 g/mol. The Hall–Kier alpha value is -6.85. The van der Waals surface area contributed by atoms with E-state index in [1.54, 1.807) is 0 Å². The normalized spacial score (nSPS) is 13.2. The van der Waals surface area contributed by atoms with Crippen molar-refractivity contribution in [3.8, 4) is 51.0 Å². The minimum Gasteiger partial charge on any atom is -0.456 e. The van der Waals surface area contributed by atoms with Gasteiger partial charge in [-0.2, -0.15) is 0 Å². The van der Waals surface area contributed by atoms with Crippen LogP contribution in [0.2, 0.25) is 0 Å². The molecule has 0 N–H and O–H groups in total. The van der Waals surface area contributed by atoms with Crippen LogP contribution in [0.25, 0.3) is 94.7 Å². The Kier molecular flexibility index (Phi) is 6.23. The van der Waals surface area contributed by atoms with Gasteiger partial charge in [0, 0.05) is 49.3 Å². The van der Waals surface area contributed by atoms with E-state index in [1.165, 1.54) is 27.6 Å². The first kappa shape index (κ1) is 29.8. The Balaban J connectivity index is 1.17. The average molecular weight is 681 g/mol. The summed E-state index contributed by atoms with van der Waals surface area (Å²) in [7, 11) is 0. The van der Waals surface area contributed by atoms with Crippen LogP contribution < -0.4 is 0 Å². The molecular weight excluding hydrogens is 649 g/mol. The molecule has 11 rings (SSSR count). The molecule has 0 bridgehead atoms. The highest BCUT2D eigenvalue weighted by Crippen LogP contribution is 2.50. The number of hydrogen-bond acceptors (Lipinski definition) is 4. The summed E-state index contributed by atoms with van der Waals surface area (Å²) in [4.78, 5) is 15.1. The van der Waals surface area contributed by atoms with Crippen LogP contribution >= 0.6 is 0 Å². The molecule has 53 heavy (non-hydrogen) atoms. The molecule has 3 aromatic heterocycles. The van der Waals surface area contributed by atoms with Crippen molar-refractivity contribution in [1.82, 2.24) is 19.5 Å². The zero-order valence-corrected chi connectivity index (χ0v) is 29.2. The van der Waals surface area contributed by atoms with Crippen LogP contribution in [0.15, 0.2) is 162 Å². The van der Waals surface area contributed by atoms with Crippen LogP contribution in [0.1, 0.15) is 25.0 Å². The van der Waals surface area contributed by atoms with Gasteiger partial charge in [0.1, 0.15) is 11.2 Å². The number of hydrogen-bond donors (Lipinski definition) is 0. The molecule has 3 heterocycles. The Morgan fingerprint density at radius 3 is 1.87 bits per heavy atom. The zero-order valence-electron chi connectivity index (χ0n) is 29.2. The third-order valence-electron chi connectivity index (χ3n) is 11.1. The third-order valence-corrected chi connectivity index (χ3v) is 11.1. The number of aromatic nitrogens is 4. The third kappa shape index (κ3) is 4.40. The second-order valence-electron chi connectivity index (χ2n) is 14.4. The largest absolute Gasteiger partial charge is 0.456 e. The first-order valence-corrected chi connectivity index (χ1v) is 18.0. The van der Waals surface area contributed by atoms with E-state index in [0.717, 1.165) is 60.7 Å². The van der Waals surface area contributed by atoms with Crippen molar-refractivity contribution in [1.29, 1.82) is 0 Å². The Labute approximate surface area is 305 Å². The quantitative estimate of drug-likeness (QED) is 0.186. The summed E-state index contributed by atoms with van der Waals surface area (Å²) >= 11 is 0.